The zero-order chi connectivity index (χ0) is 36.8. The average molecular weight is 786 g/mol. The number of hydrogen-bond acceptors (Lipinski definition) is 7. The standard InChI is InChI=1S/C39H69BrO7Si2/c1-26(22-27(2)35(29(4)40)46-49(13,14)37(8,9)10)32(41)24-31-25-34-33(43-31)23-28(3)39(45-34)20-19-38(47-39)18-15-16-30(44-38)17-21-42-48(11,12)36(5,6)7/h15-16,26-28,30-31,33-35H,4,17-25H2,1-3,5-14H3/t26-,27+,28-,30+,31-,33-,34-,35+,38+,39-/m1/s1. The van der Waals surface area contributed by atoms with Crippen molar-refractivity contribution in [3.05, 3.63) is 23.2 Å². The fraction of sp³-hybridized carbons (Fsp3) is 0.872. The first kappa shape index (κ1) is 41.6. The van der Waals surface area contributed by atoms with Crippen molar-refractivity contribution in [1.82, 2.24) is 0 Å². The molecule has 4 aliphatic rings. The van der Waals surface area contributed by atoms with Crippen molar-refractivity contribution in [2.45, 2.75) is 192 Å². The Balaban J connectivity index is 1.29. The van der Waals surface area contributed by atoms with Crippen molar-refractivity contribution in [2.75, 3.05) is 6.61 Å². The second-order valence-corrected chi connectivity index (χ2v) is 29.5. The number of carbonyl (C=O) groups excluding carboxylic acids is 1. The van der Waals surface area contributed by atoms with Gasteiger partial charge in [-0.25, -0.2) is 0 Å². The molecule has 0 aromatic carbocycles. The van der Waals surface area contributed by atoms with Gasteiger partial charge in [-0.1, -0.05) is 97.0 Å². The summed E-state index contributed by atoms with van der Waals surface area (Å²) in [6.45, 7) is 34.0. The van der Waals surface area contributed by atoms with Crippen LogP contribution < -0.4 is 0 Å². The summed E-state index contributed by atoms with van der Waals surface area (Å²) in [6, 6.07) is 0. The second kappa shape index (κ2) is 15.3. The maximum atomic E-state index is 13.6. The van der Waals surface area contributed by atoms with E-state index in [0.717, 1.165) is 43.0 Å². The third kappa shape index (κ3) is 9.69. The van der Waals surface area contributed by atoms with E-state index in [9.17, 15) is 4.79 Å². The molecule has 0 radical (unpaired) electrons. The molecule has 4 rings (SSSR count). The Morgan fingerprint density at radius 2 is 1.65 bits per heavy atom. The topological polar surface area (TPSA) is 72.5 Å². The fourth-order valence-electron chi connectivity index (χ4n) is 7.39. The van der Waals surface area contributed by atoms with Crippen molar-refractivity contribution >= 4 is 38.3 Å². The molecule has 0 unspecified atom stereocenters. The van der Waals surface area contributed by atoms with Gasteiger partial charge in [-0.2, -0.15) is 0 Å². The lowest BCUT2D eigenvalue weighted by Gasteiger charge is -2.46. The lowest BCUT2D eigenvalue weighted by Crippen LogP contribution is -2.53. The Kier molecular flexibility index (Phi) is 13.0. The molecule has 7 nitrogen and oxygen atoms in total. The van der Waals surface area contributed by atoms with Crippen LogP contribution in [0.15, 0.2) is 23.2 Å². The molecule has 0 saturated carbocycles. The van der Waals surface area contributed by atoms with Crippen molar-refractivity contribution in [2.24, 2.45) is 17.8 Å². The molecule has 0 aliphatic carbocycles. The predicted molar refractivity (Wildman–Crippen MR) is 207 cm³/mol. The van der Waals surface area contributed by atoms with Crippen LogP contribution in [0.3, 0.4) is 0 Å². The van der Waals surface area contributed by atoms with E-state index < -0.39 is 28.2 Å². The highest BCUT2D eigenvalue weighted by Crippen LogP contribution is 2.53. The van der Waals surface area contributed by atoms with E-state index in [-0.39, 0.29) is 64.1 Å². The number of Topliss-reactive ketones (excluding diaryl/α,β-unsaturated/α-hetero) is 1. The van der Waals surface area contributed by atoms with Gasteiger partial charge < -0.3 is 27.8 Å². The molecule has 3 saturated heterocycles. The Hall–Kier alpha value is -0.176. The van der Waals surface area contributed by atoms with Gasteiger partial charge in [-0.15, -0.1) is 0 Å². The molecule has 3 fully saturated rings. The zero-order valence-corrected chi connectivity index (χ0v) is 36.7. The van der Waals surface area contributed by atoms with E-state index in [1.807, 2.05) is 6.92 Å². The van der Waals surface area contributed by atoms with Crippen molar-refractivity contribution < 1.29 is 32.6 Å². The van der Waals surface area contributed by atoms with Gasteiger partial charge in [0, 0.05) is 55.0 Å². The number of ketones is 1. The van der Waals surface area contributed by atoms with E-state index in [1.165, 1.54) is 0 Å². The Labute approximate surface area is 309 Å². The van der Waals surface area contributed by atoms with Crippen molar-refractivity contribution in [3.63, 3.8) is 0 Å². The Bertz CT molecular complexity index is 1210. The first-order valence-electron chi connectivity index (χ1n) is 19.0. The van der Waals surface area contributed by atoms with Crippen LogP contribution >= 0.6 is 15.9 Å². The van der Waals surface area contributed by atoms with E-state index in [1.54, 1.807) is 0 Å². The number of carbonyl (C=O) groups is 1. The monoisotopic (exact) mass is 784 g/mol. The normalized spacial score (nSPS) is 34.3. The molecule has 0 aromatic rings. The Morgan fingerprint density at radius 1 is 1.00 bits per heavy atom. The molecular formula is C39H69BrO7Si2. The summed E-state index contributed by atoms with van der Waals surface area (Å²) in [4.78, 5) is 13.6. The molecule has 0 amide bonds. The number of halogens is 1. The summed E-state index contributed by atoms with van der Waals surface area (Å²) >= 11 is 3.63. The molecule has 10 atom stereocenters. The lowest BCUT2D eigenvalue weighted by atomic mass is 9.86. The van der Waals surface area contributed by atoms with Gasteiger partial charge >= 0.3 is 0 Å². The molecule has 4 aliphatic heterocycles. The molecule has 0 bridgehead atoms. The number of rotatable bonds is 13. The highest BCUT2D eigenvalue weighted by Gasteiger charge is 2.60. The van der Waals surface area contributed by atoms with E-state index >= 15 is 0 Å². The SMILES string of the molecule is C=C(Br)[C@@H](O[Si](C)(C)C(C)(C)C)[C@@H](C)C[C@@H](C)C(=O)C[C@@H]1C[C@H]2O[C@@]3(CC[C@]4(CC=C[C@@H](CCO[Si](C)(C)C(C)(C)C)O4)O3)[C@H](C)C[C@H]2O1. The minimum Gasteiger partial charge on any atom is -0.417 e. The van der Waals surface area contributed by atoms with Crippen LogP contribution in [0.4, 0.5) is 0 Å². The Morgan fingerprint density at radius 3 is 2.27 bits per heavy atom. The van der Waals surface area contributed by atoms with Crippen LogP contribution in [-0.2, 0) is 32.6 Å². The third-order valence-electron chi connectivity index (χ3n) is 12.8. The summed E-state index contributed by atoms with van der Waals surface area (Å²) in [7, 11) is -3.82. The predicted octanol–water partition coefficient (Wildman–Crippen LogP) is 10.4. The van der Waals surface area contributed by atoms with E-state index in [4.69, 9.17) is 27.8 Å². The molecule has 10 heteroatoms. The minimum absolute atomic E-state index is 0.0145. The highest BCUT2D eigenvalue weighted by molar-refractivity contribution is 9.11. The number of fused-ring (bicyclic) bond motifs is 1. The smallest absolute Gasteiger partial charge is 0.192 e. The summed E-state index contributed by atoms with van der Waals surface area (Å²) < 4.78 is 41.0. The molecular weight excluding hydrogens is 716 g/mol. The lowest BCUT2D eigenvalue weighted by molar-refractivity contribution is -0.368. The highest BCUT2D eigenvalue weighted by atomic mass is 79.9. The van der Waals surface area contributed by atoms with E-state index in [0.29, 0.717) is 19.4 Å². The molecule has 4 heterocycles. The summed E-state index contributed by atoms with van der Waals surface area (Å²) in [5.74, 6) is -0.885. The van der Waals surface area contributed by atoms with Crippen LogP contribution in [0, 0.1) is 17.8 Å². The molecule has 282 valence electrons. The van der Waals surface area contributed by atoms with Gasteiger partial charge in [0.05, 0.1) is 30.5 Å². The zero-order valence-electron chi connectivity index (χ0n) is 33.1. The van der Waals surface area contributed by atoms with Crippen LogP contribution in [-0.4, -0.2) is 71.1 Å². The summed E-state index contributed by atoms with van der Waals surface area (Å²) in [5, 5.41) is 0.279. The van der Waals surface area contributed by atoms with Crippen LogP contribution in [0.5, 0.6) is 0 Å². The molecule has 0 aromatic heterocycles. The quantitative estimate of drug-likeness (QED) is 0.136. The fourth-order valence-corrected chi connectivity index (χ4v) is 10.5. The van der Waals surface area contributed by atoms with Crippen LogP contribution in [0.1, 0.15) is 114 Å². The van der Waals surface area contributed by atoms with Gasteiger partial charge in [-0.05, 0) is 61.4 Å². The van der Waals surface area contributed by atoms with Gasteiger partial charge in [-0.3, -0.25) is 4.79 Å². The van der Waals surface area contributed by atoms with Crippen LogP contribution in [0.2, 0.25) is 36.3 Å². The average Bonchev–Trinajstić information content (AvgIpc) is 3.50. The summed E-state index contributed by atoms with van der Waals surface area (Å²) in [5.41, 5.74) is 0. The second-order valence-electron chi connectivity index (χ2n) is 18.9. The maximum absolute atomic E-state index is 13.6. The molecule has 0 N–H and O–H groups in total. The molecule has 2 spiro atoms. The molecule has 49 heavy (non-hydrogen) atoms. The number of ether oxygens (including phenoxy) is 4. The first-order chi connectivity index (χ1) is 22.4. The maximum Gasteiger partial charge on any atom is 0.192 e. The van der Waals surface area contributed by atoms with Gasteiger partial charge in [0.2, 0.25) is 0 Å². The van der Waals surface area contributed by atoms with Gasteiger partial charge in [0.15, 0.2) is 28.2 Å². The van der Waals surface area contributed by atoms with Crippen LogP contribution in [0.25, 0.3) is 0 Å². The minimum atomic E-state index is -2.01. The first-order valence-corrected chi connectivity index (χ1v) is 25.6. The summed E-state index contributed by atoms with van der Waals surface area (Å²) in [6.07, 6.45) is 9.87. The van der Waals surface area contributed by atoms with Gasteiger partial charge in [0.25, 0.3) is 0 Å². The largest absolute Gasteiger partial charge is 0.417 e. The number of hydrogen-bond donors (Lipinski definition) is 0. The van der Waals surface area contributed by atoms with Crippen molar-refractivity contribution in [1.29, 1.82) is 0 Å². The third-order valence-corrected chi connectivity index (χ3v) is 22.2. The van der Waals surface area contributed by atoms with E-state index in [2.05, 4.69) is 116 Å². The van der Waals surface area contributed by atoms with Crippen molar-refractivity contribution in [3.8, 4) is 0 Å². The van der Waals surface area contributed by atoms with Gasteiger partial charge in [0.1, 0.15) is 5.78 Å².